The third-order valence-corrected chi connectivity index (χ3v) is 6.20. The van der Waals surface area contributed by atoms with Crippen molar-refractivity contribution in [1.29, 1.82) is 0 Å². The lowest BCUT2D eigenvalue weighted by atomic mass is 10.2. The van der Waals surface area contributed by atoms with Crippen molar-refractivity contribution < 1.29 is 4.79 Å². The molecule has 8 heteroatoms. The summed E-state index contributed by atoms with van der Waals surface area (Å²) in [5, 5.41) is 14.7. The van der Waals surface area contributed by atoms with Gasteiger partial charge in [0.1, 0.15) is 5.01 Å². The first-order chi connectivity index (χ1) is 12.8. The molecule has 0 atom stereocenters. The maximum absolute atomic E-state index is 12.4. The molecule has 1 aromatic carbocycles. The largest absolute Gasteiger partial charge is 0.300 e. The lowest BCUT2D eigenvalue weighted by molar-refractivity contribution is -0.115. The van der Waals surface area contributed by atoms with Crippen molar-refractivity contribution in [2.45, 2.75) is 25.2 Å². The normalized spacial score (nSPS) is 14.0. The molecule has 0 unspecified atom stereocenters. The summed E-state index contributed by atoms with van der Waals surface area (Å²) in [4.78, 5) is 17.9. The van der Waals surface area contributed by atoms with Crippen LogP contribution in [0, 0.1) is 0 Å². The Hall–Kier alpha value is -2.58. The molecule has 4 aromatic rings. The molecular weight excluding hydrogens is 366 g/mol. The zero-order valence-corrected chi connectivity index (χ0v) is 15.4. The fraction of sp³-hybridized carbons (Fsp3) is 0.222. The number of rotatable bonds is 5. The van der Waals surface area contributed by atoms with Crippen LogP contribution < -0.4 is 5.32 Å². The summed E-state index contributed by atoms with van der Waals surface area (Å²) in [5.41, 5.74) is 2.90. The van der Waals surface area contributed by atoms with Crippen LogP contribution in [-0.4, -0.2) is 25.5 Å². The van der Waals surface area contributed by atoms with E-state index in [2.05, 4.69) is 20.5 Å². The van der Waals surface area contributed by atoms with Gasteiger partial charge in [0.25, 0.3) is 0 Å². The number of imidazole rings is 1. The zero-order valence-electron chi connectivity index (χ0n) is 13.8. The summed E-state index contributed by atoms with van der Waals surface area (Å²) in [6.45, 7) is 0. The molecule has 0 saturated heterocycles. The number of thiazole rings is 1. The van der Waals surface area contributed by atoms with Gasteiger partial charge in [-0.05, 0) is 12.8 Å². The number of nitrogens with one attached hydrogen (secondary N) is 1. The van der Waals surface area contributed by atoms with Crippen molar-refractivity contribution in [3.63, 3.8) is 0 Å². The standard InChI is InChI=1S/C18H15N5OS2/c24-15(20-17-22-21-16(26-17)12-6-7-12)8-13-10-25-18-19-14(9-23(13)18)11-4-2-1-3-5-11/h1-5,9-10,12H,6-8H2,(H,20,22,24). The van der Waals surface area contributed by atoms with Gasteiger partial charge in [-0.3, -0.25) is 9.20 Å². The third-order valence-electron chi connectivity index (χ3n) is 4.31. The van der Waals surface area contributed by atoms with Crippen molar-refractivity contribution >= 4 is 38.7 Å². The molecule has 5 rings (SSSR count). The smallest absolute Gasteiger partial charge is 0.232 e. The fourth-order valence-corrected chi connectivity index (χ4v) is 4.61. The molecule has 0 bridgehead atoms. The SMILES string of the molecule is O=C(Cc1csc2nc(-c3ccccc3)cn12)Nc1nnc(C2CC2)s1. The van der Waals surface area contributed by atoms with Crippen LogP contribution in [0.1, 0.15) is 29.5 Å². The predicted octanol–water partition coefficient (Wildman–Crippen LogP) is 3.97. The summed E-state index contributed by atoms with van der Waals surface area (Å²) < 4.78 is 1.99. The van der Waals surface area contributed by atoms with E-state index in [0.29, 0.717) is 11.0 Å². The number of carbonyl (C=O) groups is 1. The van der Waals surface area contributed by atoms with Crippen molar-refractivity contribution in [3.05, 3.63) is 52.6 Å². The fourth-order valence-electron chi connectivity index (χ4n) is 2.81. The van der Waals surface area contributed by atoms with E-state index in [0.717, 1.165) is 26.9 Å². The monoisotopic (exact) mass is 381 g/mol. The molecule has 1 aliphatic carbocycles. The maximum atomic E-state index is 12.4. The number of aromatic nitrogens is 4. The molecule has 1 N–H and O–H groups in total. The summed E-state index contributed by atoms with van der Waals surface area (Å²) in [6, 6.07) is 10.0. The topological polar surface area (TPSA) is 72.2 Å². The Bertz CT molecular complexity index is 1080. The summed E-state index contributed by atoms with van der Waals surface area (Å²) >= 11 is 3.02. The van der Waals surface area contributed by atoms with Crippen molar-refractivity contribution in [2.75, 3.05) is 5.32 Å². The number of anilines is 1. The second-order valence-corrected chi connectivity index (χ2v) is 8.16. The van der Waals surface area contributed by atoms with E-state index in [9.17, 15) is 4.79 Å². The number of nitrogens with zero attached hydrogens (tertiary/aromatic N) is 4. The number of fused-ring (bicyclic) bond motifs is 1. The van der Waals surface area contributed by atoms with Crippen LogP contribution in [0.25, 0.3) is 16.2 Å². The van der Waals surface area contributed by atoms with E-state index in [1.165, 1.54) is 24.2 Å². The van der Waals surface area contributed by atoms with E-state index in [4.69, 9.17) is 0 Å². The van der Waals surface area contributed by atoms with Gasteiger partial charge in [-0.2, -0.15) is 0 Å². The number of hydrogen-bond acceptors (Lipinski definition) is 6. The molecule has 1 saturated carbocycles. The van der Waals surface area contributed by atoms with E-state index in [-0.39, 0.29) is 12.3 Å². The number of amides is 1. The van der Waals surface area contributed by atoms with Gasteiger partial charge in [0.2, 0.25) is 11.0 Å². The molecule has 0 radical (unpaired) electrons. The Morgan fingerprint density at radius 3 is 2.88 bits per heavy atom. The molecule has 130 valence electrons. The number of carbonyl (C=O) groups excluding carboxylic acids is 1. The van der Waals surface area contributed by atoms with Gasteiger partial charge in [-0.1, -0.05) is 41.7 Å². The Morgan fingerprint density at radius 2 is 2.08 bits per heavy atom. The van der Waals surface area contributed by atoms with Gasteiger partial charge in [0.05, 0.1) is 12.1 Å². The van der Waals surface area contributed by atoms with Gasteiger partial charge in [0, 0.05) is 28.8 Å². The predicted molar refractivity (Wildman–Crippen MR) is 103 cm³/mol. The molecular formula is C18H15N5OS2. The second-order valence-electron chi connectivity index (χ2n) is 6.32. The molecule has 0 aliphatic heterocycles. The molecule has 3 heterocycles. The van der Waals surface area contributed by atoms with Gasteiger partial charge in [-0.25, -0.2) is 4.98 Å². The highest BCUT2D eigenvalue weighted by molar-refractivity contribution is 7.15. The van der Waals surface area contributed by atoms with Gasteiger partial charge < -0.3 is 5.32 Å². The average Bonchev–Trinajstić information content (AvgIpc) is 3.08. The minimum Gasteiger partial charge on any atom is -0.300 e. The zero-order chi connectivity index (χ0) is 17.5. The number of hydrogen-bond donors (Lipinski definition) is 1. The third kappa shape index (κ3) is 3.02. The van der Waals surface area contributed by atoms with Crippen molar-refractivity contribution in [3.8, 4) is 11.3 Å². The van der Waals surface area contributed by atoms with E-state index in [1.807, 2.05) is 46.3 Å². The number of benzene rings is 1. The van der Waals surface area contributed by atoms with Crippen LogP contribution in [0.3, 0.4) is 0 Å². The minimum absolute atomic E-state index is 0.0850. The Kier molecular flexibility index (Phi) is 3.79. The van der Waals surface area contributed by atoms with E-state index in [1.54, 1.807) is 11.3 Å². The van der Waals surface area contributed by atoms with Crippen LogP contribution in [0.4, 0.5) is 5.13 Å². The maximum Gasteiger partial charge on any atom is 0.232 e. The Morgan fingerprint density at radius 1 is 1.23 bits per heavy atom. The van der Waals surface area contributed by atoms with E-state index < -0.39 is 0 Å². The first kappa shape index (κ1) is 15.7. The summed E-state index contributed by atoms with van der Waals surface area (Å²) in [6.07, 6.45) is 4.63. The molecule has 0 spiro atoms. The lowest BCUT2D eigenvalue weighted by Crippen LogP contribution is -2.15. The Balaban J connectivity index is 1.33. The molecule has 1 fully saturated rings. The van der Waals surface area contributed by atoms with Gasteiger partial charge >= 0.3 is 0 Å². The van der Waals surface area contributed by atoms with Gasteiger partial charge in [-0.15, -0.1) is 21.5 Å². The van der Waals surface area contributed by atoms with Crippen LogP contribution in [0.5, 0.6) is 0 Å². The van der Waals surface area contributed by atoms with Crippen molar-refractivity contribution in [2.24, 2.45) is 0 Å². The summed E-state index contributed by atoms with van der Waals surface area (Å²) in [5.74, 6) is 0.468. The Labute approximate surface area is 157 Å². The highest BCUT2D eigenvalue weighted by Gasteiger charge is 2.27. The highest BCUT2D eigenvalue weighted by atomic mass is 32.1. The van der Waals surface area contributed by atoms with Crippen LogP contribution >= 0.6 is 22.7 Å². The van der Waals surface area contributed by atoms with E-state index >= 15 is 0 Å². The highest BCUT2D eigenvalue weighted by Crippen LogP contribution is 2.42. The molecule has 26 heavy (non-hydrogen) atoms. The minimum atomic E-state index is -0.0850. The molecule has 1 amide bonds. The lowest BCUT2D eigenvalue weighted by Gasteiger charge is -2.00. The first-order valence-electron chi connectivity index (χ1n) is 8.40. The first-order valence-corrected chi connectivity index (χ1v) is 10.1. The van der Waals surface area contributed by atoms with Crippen LogP contribution in [-0.2, 0) is 11.2 Å². The molecule has 1 aliphatic rings. The van der Waals surface area contributed by atoms with Gasteiger partial charge in [0.15, 0.2) is 4.96 Å². The molecule has 3 aromatic heterocycles. The quantitative estimate of drug-likeness (QED) is 0.568. The van der Waals surface area contributed by atoms with Crippen LogP contribution in [0.15, 0.2) is 41.9 Å². The van der Waals surface area contributed by atoms with Crippen molar-refractivity contribution in [1.82, 2.24) is 19.6 Å². The second kappa shape index (κ2) is 6.30. The molecule has 6 nitrogen and oxygen atoms in total. The summed E-state index contributed by atoms with van der Waals surface area (Å²) in [7, 11) is 0. The average molecular weight is 381 g/mol. The van der Waals surface area contributed by atoms with Crippen LogP contribution in [0.2, 0.25) is 0 Å².